The maximum Gasteiger partial charge on any atom is 0.329 e. The van der Waals surface area contributed by atoms with Gasteiger partial charge in [-0.3, -0.25) is 9.88 Å². The monoisotopic (exact) mass is 499 g/mol. The number of carboxylic acids is 1. The van der Waals surface area contributed by atoms with Crippen LogP contribution >= 0.6 is 0 Å². The largest absolute Gasteiger partial charge is 0.480 e. The number of carboxylic acid groups (broad SMARTS) is 1. The summed E-state index contributed by atoms with van der Waals surface area (Å²) >= 11 is 0. The number of hydrogen-bond acceptors (Lipinski definition) is 4. The number of rotatable bonds is 5. The fourth-order valence-corrected chi connectivity index (χ4v) is 5.42. The molecule has 190 valence electrons. The fraction of sp³-hybridized carbons (Fsp3) is 0.286. The lowest BCUT2D eigenvalue weighted by Gasteiger charge is -2.47. The van der Waals surface area contributed by atoms with Gasteiger partial charge in [-0.25, -0.2) is 14.4 Å². The highest BCUT2D eigenvalue weighted by molar-refractivity contribution is 6.01. The van der Waals surface area contributed by atoms with Crippen LogP contribution in [0, 0.1) is 0 Å². The van der Waals surface area contributed by atoms with Gasteiger partial charge in [-0.2, -0.15) is 0 Å². The number of pyridine rings is 1. The van der Waals surface area contributed by atoms with Crippen molar-refractivity contribution in [3.8, 4) is 0 Å². The highest BCUT2D eigenvalue weighted by atomic mass is 16.4. The second-order valence-electron chi connectivity index (χ2n) is 9.42. The SMILES string of the molecule is CN(Cc1ccncc1)C(=O)N1[C@H]2CC[C@@H]1[C@@H](C(=O)O)N(C(=O)N(c1ccccc1)c1ccccc1)C2. The number of urea groups is 2. The first-order chi connectivity index (χ1) is 18.0. The van der Waals surface area contributed by atoms with Crippen molar-refractivity contribution in [3.63, 3.8) is 0 Å². The summed E-state index contributed by atoms with van der Waals surface area (Å²) in [6.07, 6.45) is 4.52. The first-order valence-corrected chi connectivity index (χ1v) is 12.3. The molecule has 3 atom stereocenters. The number of fused-ring (bicyclic) bond motifs is 2. The van der Waals surface area contributed by atoms with E-state index in [4.69, 9.17) is 0 Å². The Kier molecular flexibility index (Phi) is 6.76. The summed E-state index contributed by atoms with van der Waals surface area (Å²) < 4.78 is 0. The Labute approximate surface area is 215 Å². The third-order valence-corrected chi connectivity index (χ3v) is 7.09. The normalized spacial score (nSPS) is 20.4. The van der Waals surface area contributed by atoms with Crippen molar-refractivity contribution in [1.29, 1.82) is 0 Å². The second kappa shape index (κ2) is 10.3. The van der Waals surface area contributed by atoms with Crippen molar-refractivity contribution >= 4 is 29.4 Å². The molecule has 2 aliphatic heterocycles. The molecule has 4 amide bonds. The summed E-state index contributed by atoms with van der Waals surface area (Å²) in [5, 5.41) is 10.3. The minimum absolute atomic E-state index is 0.150. The standard InChI is InChI=1S/C28H29N5O4/c1-30(18-20-14-16-29-17-15-20)27(36)33-23-12-13-24(33)25(26(34)35)31(19-23)28(37)32(21-8-4-2-5-9-21)22-10-6-3-7-11-22/h2-11,14-17,23-25H,12-13,18-19H2,1H3,(H,34,35)/t23-,24+,25-/m0/s1. The van der Waals surface area contributed by atoms with Crippen LogP contribution in [0.5, 0.6) is 0 Å². The number of aliphatic carboxylic acids is 1. The van der Waals surface area contributed by atoms with E-state index < -0.39 is 24.1 Å². The minimum atomic E-state index is -1.15. The Balaban J connectivity index is 1.43. The zero-order valence-corrected chi connectivity index (χ0v) is 20.6. The molecular weight excluding hydrogens is 470 g/mol. The van der Waals surface area contributed by atoms with Crippen molar-refractivity contribution in [2.45, 2.75) is 37.5 Å². The molecular formula is C28H29N5O4. The van der Waals surface area contributed by atoms with E-state index in [1.165, 1.54) is 4.90 Å². The van der Waals surface area contributed by atoms with E-state index in [0.29, 0.717) is 30.8 Å². The number of nitrogens with zero attached hydrogens (tertiary/aromatic N) is 5. The molecule has 2 aliphatic rings. The summed E-state index contributed by atoms with van der Waals surface area (Å²) in [6.45, 7) is 0.533. The van der Waals surface area contributed by atoms with Crippen molar-refractivity contribution in [2.75, 3.05) is 18.5 Å². The number of hydrogen-bond donors (Lipinski definition) is 1. The molecule has 2 fully saturated rings. The molecule has 2 bridgehead atoms. The predicted octanol–water partition coefficient (Wildman–Crippen LogP) is 4.19. The van der Waals surface area contributed by atoms with Crippen LogP contribution in [-0.4, -0.2) is 74.5 Å². The molecule has 37 heavy (non-hydrogen) atoms. The van der Waals surface area contributed by atoms with E-state index in [1.54, 1.807) is 34.1 Å². The van der Waals surface area contributed by atoms with Crippen LogP contribution in [0.1, 0.15) is 18.4 Å². The summed E-state index contributed by atoms with van der Waals surface area (Å²) in [4.78, 5) is 50.4. The zero-order valence-electron chi connectivity index (χ0n) is 20.6. The Bertz CT molecular complexity index is 1220. The molecule has 0 spiro atoms. The first kappa shape index (κ1) is 24.3. The first-order valence-electron chi connectivity index (χ1n) is 12.3. The lowest BCUT2D eigenvalue weighted by Crippen LogP contribution is -2.67. The van der Waals surface area contributed by atoms with Crippen LogP contribution in [0.2, 0.25) is 0 Å². The maximum atomic E-state index is 14.1. The Morgan fingerprint density at radius 1 is 0.892 bits per heavy atom. The predicted molar refractivity (Wildman–Crippen MR) is 138 cm³/mol. The van der Waals surface area contributed by atoms with Gasteiger partial charge in [0.15, 0.2) is 6.04 Å². The fourth-order valence-electron chi connectivity index (χ4n) is 5.42. The van der Waals surface area contributed by atoms with E-state index in [0.717, 1.165) is 5.56 Å². The lowest BCUT2D eigenvalue weighted by molar-refractivity contribution is -0.145. The molecule has 9 heteroatoms. The average molecular weight is 500 g/mol. The summed E-state index contributed by atoms with van der Waals surface area (Å²) in [7, 11) is 1.71. The van der Waals surface area contributed by atoms with Gasteiger partial charge in [0.2, 0.25) is 0 Å². The number of para-hydroxylation sites is 2. The summed E-state index contributed by atoms with van der Waals surface area (Å²) in [6, 6.07) is 19.4. The number of likely N-dealkylation sites (tertiary alicyclic amines) is 1. The lowest BCUT2D eigenvalue weighted by atomic mass is 10.0. The maximum absolute atomic E-state index is 14.1. The van der Waals surface area contributed by atoms with E-state index >= 15 is 0 Å². The Hall–Kier alpha value is -4.40. The van der Waals surface area contributed by atoms with Gasteiger partial charge in [0.05, 0.1) is 23.5 Å². The van der Waals surface area contributed by atoms with Gasteiger partial charge in [-0.1, -0.05) is 36.4 Å². The van der Waals surface area contributed by atoms with Gasteiger partial charge >= 0.3 is 18.0 Å². The van der Waals surface area contributed by atoms with Crippen LogP contribution in [0.3, 0.4) is 0 Å². The number of amides is 4. The van der Waals surface area contributed by atoms with E-state index in [9.17, 15) is 19.5 Å². The van der Waals surface area contributed by atoms with Crippen molar-refractivity contribution < 1.29 is 19.5 Å². The van der Waals surface area contributed by atoms with Crippen LogP contribution in [0.15, 0.2) is 85.2 Å². The summed E-state index contributed by atoms with van der Waals surface area (Å²) in [5.74, 6) is -1.12. The molecule has 3 aromatic rings. The summed E-state index contributed by atoms with van der Waals surface area (Å²) in [5.41, 5.74) is 2.22. The van der Waals surface area contributed by atoms with Gasteiger partial charge in [0, 0.05) is 32.5 Å². The Morgan fingerprint density at radius 3 is 2.05 bits per heavy atom. The smallest absolute Gasteiger partial charge is 0.329 e. The molecule has 1 aromatic heterocycles. The quantitative estimate of drug-likeness (QED) is 0.568. The number of carbonyl (C=O) groups is 3. The van der Waals surface area contributed by atoms with Gasteiger partial charge in [0.1, 0.15) is 0 Å². The average Bonchev–Trinajstić information content (AvgIpc) is 3.22. The highest BCUT2D eigenvalue weighted by Crippen LogP contribution is 2.37. The van der Waals surface area contributed by atoms with Gasteiger partial charge in [-0.05, 0) is 54.8 Å². The zero-order chi connectivity index (χ0) is 25.9. The molecule has 0 saturated carbocycles. The number of piperazine rings is 1. The molecule has 0 unspecified atom stereocenters. The molecule has 5 rings (SSSR count). The second-order valence-corrected chi connectivity index (χ2v) is 9.42. The van der Waals surface area contributed by atoms with Gasteiger partial charge in [-0.15, -0.1) is 0 Å². The van der Waals surface area contributed by atoms with Crippen LogP contribution in [0.25, 0.3) is 0 Å². The topological polar surface area (TPSA) is 97.3 Å². The molecule has 2 saturated heterocycles. The molecule has 9 nitrogen and oxygen atoms in total. The van der Waals surface area contributed by atoms with Crippen LogP contribution in [-0.2, 0) is 11.3 Å². The third kappa shape index (κ3) is 4.72. The van der Waals surface area contributed by atoms with Crippen LogP contribution < -0.4 is 4.90 Å². The van der Waals surface area contributed by atoms with E-state index in [-0.39, 0.29) is 18.6 Å². The highest BCUT2D eigenvalue weighted by Gasteiger charge is 2.54. The molecule has 0 radical (unpaired) electrons. The van der Waals surface area contributed by atoms with Crippen molar-refractivity contribution in [2.24, 2.45) is 0 Å². The number of carbonyl (C=O) groups excluding carboxylic acids is 2. The minimum Gasteiger partial charge on any atom is -0.480 e. The van der Waals surface area contributed by atoms with Crippen LogP contribution in [0.4, 0.5) is 21.0 Å². The van der Waals surface area contributed by atoms with Crippen molar-refractivity contribution in [3.05, 3.63) is 90.8 Å². The number of benzene rings is 2. The number of aromatic nitrogens is 1. The Morgan fingerprint density at radius 2 is 1.49 bits per heavy atom. The molecule has 2 aromatic carbocycles. The van der Waals surface area contributed by atoms with E-state index in [2.05, 4.69) is 4.98 Å². The van der Waals surface area contributed by atoms with Crippen molar-refractivity contribution in [1.82, 2.24) is 19.7 Å². The number of anilines is 2. The van der Waals surface area contributed by atoms with E-state index in [1.807, 2.05) is 72.8 Å². The molecule has 1 N–H and O–H groups in total. The molecule has 3 heterocycles. The third-order valence-electron chi connectivity index (χ3n) is 7.09. The van der Waals surface area contributed by atoms with Gasteiger partial charge in [0.25, 0.3) is 0 Å². The molecule has 0 aliphatic carbocycles. The van der Waals surface area contributed by atoms with Gasteiger partial charge < -0.3 is 19.8 Å².